The second-order valence-electron chi connectivity index (χ2n) is 6.15. The Morgan fingerprint density at radius 3 is 2.88 bits per heavy atom. The molecule has 2 aromatic heterocycles. The molecular weight excluding hydrogens is 320 g/mol. The molecule has 0 spiro atoms. The first-order chi connectivity index (χ1) is 11.6. The molecule has 0 fully saturated rings. The number of aryl methyl sites for hydroxylation is 3. The van der Waals surface area contributed by atoms with Gasteiger partial charge in [0.25, 0.3) is 0 Å². The number of ether oxygens (including phenoxy) is 1. The third-order valence-electron chi connectivity index (χ3n) is 4.35. The van der Waals surface area contributed by atoms with Crippen molar-refractivity contribution in [2.45, 2.75) is 39.5 Å². The van der Waals surface area contributed by atoms with E-state index in [2.05, 4.69) is 9.97 Å². The minimum atomic E-state index is 0.0253. The molecule has 0 N–H and O–H groups in total. The summed E-state index contributed by atoms with van der Waals surface area (Å²) >= 11 is 1.76. The van der Waals surface area contributed by atoms with Crippen molar-refractivity contribution in [1.29, 1.82) is 0 Å². The molecule has 1 aromatic carbocycles. The first-order valence-corrected chi connectivity index (χ1v) is 9.01. The lowest BCUT2D eigenvalue weighted by Gasteiger charge is -2.12. The summed E-state index contributed by atoms with van der Waals surface area (Å²) in [5.74, 6) is 1.98. The van der Waals surface area contributed by atoms with Crippen molar-refractivity contribution in [3.63, 3.8) is 0 Å². The number of benzene rings is 1. The Morgan fingerprint density at radius 2 is 2.04 bits per heavy atom. The van der Waals surface area contributed by atoms with Crippen molar-refractivity contribution >= 4 is 27.3 Å². The average molecular weight is 338 g/mol. The first-order valence-electron chi connectivity index (χ1n) is 8.19. The number of aromatic nitrogens is 2. The molecule has 0 saturated heterocycles. The van der Waals surface area contributed by atoms with Crippen LogP contribution in [-0.2, 0) is 12.8 Å². The van der Waals surface area contributed by atoms with Crippen molar-refractivity contribution in [2.75, 3.05) is 0 Å². The summed E-state index contributed by atoms with van der Waals surface area (Å²) in [5.41, 5.74) is 1.99. The zero-order valence-electron chi connectivity index (χ0n) is 13.8. The third-order valence-corrected chi connectivity index (χ3v) is 5.53. The Labute approximate surface area is 144 Å². The van der Waals surface area contributed by atoms with Crippen molar-refractivity contribution in [1.82, 2.24) is 9.97 Å². The van der Waals surface area contributed by atoms with Crippen molar-refractivity contribution in [3.8, 4) is 11.6 Å². The van der Waals surface area contributed by atoms with Crippen LogP contribution in [0.5, 0.6) is 11.6 Å². The molecule has 1 aliphatic carbocycles. The van der Waals surface area contributed by atoms with Gasteiger partial charge in [0.15, 0.2) is 5.78 Å². The van der Waals surface area contributed by atoms with Gasteiger partial charge in [0, 0.05) is 10.4 Å². The molecule has 0 radical (unpaired) electrons. The molecule has 4 rings (SSSR count). The van der Waals surface area contributed by atoms with E-state index < -0.39 is 0 Å². The fraction of sp³-hybridized carbons (Fsp3) is 0.316. The molecule has 0 aliphatic heterocycles. The van der Waals surface area contributed by atoms with E-state index in [1.165, 1.54) is 23.3 Å². The summed E-state index contributed by atoms with van der Waals surface area (Å²) in [4.78, 5) is 23.2. The van der Waals surface area contributed by atoms with Crippen molar-refractivity contribution in [3.05, 3.63) is 46.1 Å². The number of thiophene rings is 1. The van der Waals surface area contributed by atoms with E-state index in [0.29, 0.717) is 23.0 Å². The van der Waals surface area contributed by atoms with Crippen LogP contribution in [-0.4, -0.2) is 15.8 Å². The van der Waals surface area contributed by atoms with E-state index in [0.717, 1.165) is 23.1 Å². The van der Waals surface area contributed by atoms with E-state index in [9.17, 15) is 4.79 Å². The monoisotopic (exact) mass is 338 g/mol. The highest BCUT2D eigenvalue weighted by Gasteiger charge is 2.21. The van der Waals surface area contributed by atoms with Crippen LogP contribution in [0.3, 0.4) is 0 Å². The summed E-state index contributed by atoms with van der Waals surface area (Å²) in [7, 11) is 0. The van der Waals surface area contributed by atoms with Crippen LogP contribution in [0.2, 0.25) is 0 Å². The van der Waals surface area contributed by atoms with Gasteiger partial charge in [-0.1, -0.05) is 12.1 Å². The van der Waals surface area contributed by atoms with E-state index in [1.54, 1.807) is 30.4 Å². The number of rotatable bonds is 3. The fourth-order valence-corrected chi connectivity index (χ4v) is 4.49. The number of carbonyl (C=O) groups excluding carboxylic acids is 1. The van der Waals surface area contributed by atoms with E-state index >= 15 is 0 Å². The van der Waals surface area contributed by atoms with Gasteiger partial charge < -0.3 is 4.74 Å². The smallest absolute Gasteiger partial charge is 0.231 e. The lowest BCUT2D eigenvalue weighted by molar-refractivity contribution is 0.101. The quantitative estimate of drug-likeness (QED) is 0.639. The Hall–Kier alpha value is -2.27. The average Bonchev–Trinajstić information content (AvgIpc) is 2.93. The zero-order chi connectivity index (χ0) is 16.7. The van der Waals surface area contributed by atoms with Crippen LogP contribution in [0.15, 0.2) is 24.3 Å². The molecule has 24 heavy (non-hydrogen) atoms. The molecule has 4 nitrogen and oxygen atoms in total. The van der Waals surface area contributed by atoms with Gasteiger partial charge in [-0.3, -0.25) is 4.79 Å². The largest absolute Gasteiger partial charge is 0.438 e. The third kappa shape index (κ3) is 2.69. The fourth-order valence-electron chi connectivity index (χ4n) is 3.19. The van der Waals surface area contributed by atoms with E-state index in [-0.39, 0.29) is 5.78 Å². The second-order valence-corrected chi connectivity index (χ2v) is 7.24. The maximum atomic E-state index is 11.6. The SMILES string of the molecule is CC(=O)c1cccc(Oc2nc(C)nc3sc4c(c23)CCCC4)c1. The van der Waals surface area contributed by atoms with Gasteiger partial charge in [-0.25, -0.2) is 4.98 Å². The number of nitrogens with zero attached hydrogens (tertiary/aromatic N) is 2. The van der Waals surface area contributed by atoms with Crippen molar-refractivity contribution in [2.24, 2.45) is 0 Å². The number of carbonyl (C=O) groups is 1. The van der Waals surface area contributed by atoms with Crippen LogP contribution >= 0.6 is 11.3 Å². The topological polar surface area (TPSA) is 52.1 Å². The van der Waals surface area contributed by atoms with Gasteiger partial charge in [0.1, 0.15) is 16.4 Å². The summed E-state index contributed by atoms with van der Waals surface area (Å²) in [5, 5.41) is 1.05. The zero-order valence-corrected chi connectivity index (χ0v) is 14.6. The Kier molecular flexibility index (Phi) is 3.81. The van der Waals surface area contributed by atoms with Gasteiger partial charge >= 0.3 is 0 Å². The van der Waals surface area contributed by atoms with Crippen molar-refractivity contribution < 1.29 is 9.53 Å². The summed E-state index contributed by atoms with van der Waals surface area (Å²) in [6.45, 7) is 3.44. The lowest BCUT2D eigenvalue weighted by atomic mass is 9.97. The summed E-state index contributed by atoms with van der Waals surface area (Å²) < 4.78 is 6.09. The van der Waals surface area contributed by atoms with Crippen LogP contribution in [0.25, 0.3) is 10.2 Å². The Balaban J connectivity index is 1.82. The predicted molar refractivity (Wildman–Crippen MR) is 95.3 cm³/mol. The molecule has 2 heterocycles. The highest BCUT2D eigenvalue weighted by molar-refractivity contribution is 7.18. The van der Waals surface area contributed by atoms with Gasteiger partial charge in [0.2, 0.25) is 5.88 Å². The molecule has 0 amide bonds. The number of Topliss-reactive ketones (excluding diaryl/α,β-unsaturated/α-hetero) is 1. The molecule has 5 heteroatoms. The van der Waals surface area contributed by atoms with Gasteiger partial charge in [0.05, 0.1) is 5.39 Å². The standard InChI is InChI=1S/C19H18N2O2S/c1-11(22)13-6-5-7-14(10-13)23-18-17-15-8-3-4-9-16(15)24-19(17)21-12(2)20-18/h5-7,10H,3-4,8-9H2,1-2H3. The summed E-state index contributed by atoms with van der Waals surface area (Å²) in [6, 6.07) is 7.25. The first kappa shape index (κ1) is 15.3. The molecule has 122 valence electrons. The van der Waals surface area contributed by atoms with E-state index in [1.807, 2.05) is 19.1 Å². The van der Waals surface area contributed by atoms with Gasteiger partial charge in [-0.15, -0.1) is 11.3 Å². The number of ketones is 1. The molecule has 0 atom stereocenters. The lowest BCUT2D eigenvalue weighted by Crippen LogP contribution is -2.00. The minimum absolute atomic E-state index is 0.0253. The summed E-state index contributed by atoms with van der Waals surface area (Å²) in [6.07, 6.45) is 4.62. The minimum Gasteiger partial charge on any atom is -0.438 e. The Morgan fingerprint density at radius 1 is 1.21 bits per heavy atom. The molecule has 3 aromatic rings. The van der Waals surface area contributed by atoms with Crippen LogP contribution in [0.4, 0.5) is 0 Å². The molecule has 0 saturated carbocycles. The van der Waals surface area contributed by atoms with Gasteiger partial charge in [-0.05, 0) is 57.2 Å². The molecule has 0 unspecified atom stereocenters. The maximum absolute atomic E-state index is 11.6. The van der Waals surface area contributed by atoms with Crippen LogP contribution < -0.4 is 4.74 Å². The maximum Gasteiger partial charge on any atom is 0.231 e. The van der Waals surface area contributed by atoms with E-state index in [4.69, 9.17) is 4.74 Å². The number of hydrogen-bond donors (Lipinski definition) is 0. The number of hydrogen-bond acceptors (Lipinski definition) is 5. The molecule has 0 bridgehead atoms. The van der Waals surface area contributed by atoms with Crippen LogP contribution in [0.1, 0.15) is 46.4 Å². The molecule has 1 aliphatic rings. The molecular formula is C19H18N2O2S. The highest BCUT2D eigenvalue weighted by Crippen LogP contribution is 2.40. The highest BCUT2D eigenvalue weighted by atomic mass is 32.1. The Bertz CT molecular complexity index is 946. The predicted octanol–water partition coefficient (Wildman–Crippen LogP) is 4.87. The van der Waals surface area contributed by atoms with Gasteiger partial charge in [-0.2, -0.15) is 4.98 Å². The second kappa shape index (κ2) is 5.98. The van der Waals surface area contributed by atoms with Crippen LogP contribution in [0, 0.1) is 6.92 Å². The number of fused-ring (bicyclic) bond motifs is 3. The normalized spacial score (nSPS) is 13.8.